The van der Waals surface area contributed by atoms with Crippen molar-refractivity contribution in [1.82, 2.24) is 4.57 Å². The fourth-order valence-corrected chi connectivity index (χ4v) is 5.51. The number of rotatable bonds is 7. The van der Waals surface area contributed by atoms with Crippen molar-refractivity contribution in [1.29, 1.82) is 0 Å². The monoisotopic (exact) mass is 542 g/mol. The van der Waals surface area contributed by atoms with Gasteiger partial charge in [-0.1, -0.05) is 60.7 Å². The first-order valence-corrected chi connectivity index (χ1v) is 13.3. The zero-order chi connectivity index (χ0) is 27.5. The van der Waals surface area contributed by atoms with E-state index in [4.69, 9.17) is 13.9 Å². The molecule has 5 rings (SSSR count). The summed E-state index contributed by atoms with van der Waals surface area (Å²) in [4.78, 5) is 43.7. The van der Waals surface area contributed by atoms with Crippen LogP contribution in [0.15, 0.2) is 92.2 Å². The zero-order valence-corrected chi connectivity index (χ0v) is 22.5. The van der Waals surface area contributed by atoms with Crippen LogP contribution >= 0.6 is 11.3 Å². The van der Waals surface area contributed by atoms with Gasteiger partial charge in [0.1, 0.15) is 11.5 Å². The third kappa shape index (κ3) is 5.00. The van der Waals surface area contributed by atoms with Gasteiger partial charge >= 0.3 is 11.9 Å². The first-order chi connectivity index (χ1) is 18.9. The summed E-state index contributed by atoms with van der Waals surface area (Å²) < 4.78 is 18.1. The highest BCUT2D eigenvalue weighted by Crippen LogP contribution is 2.31. The smallest absolute Gasteiger partial charge is 0.338 e. The number of allylic oxidation sites excluding steroid dienone is 1. The Morgan fingerprint density at radius 3 is 2.44 bits per heavy atom. The Kier molecular flexibility index (Phi) is 7.42. The number of benzene rings is 2. The number of furan rings is 1. The molecular formula is C30H26N2O6S. The molecule has 2 aromatic heterocycles. The van der Waals surface area contributed by atoms with Crippen molar-refractivity contribution in [2.45, 2.75) is 26.3 Å². The molecule has 1 aliphatic rings. The lowest BCUT2D eigenvalue weighted by atomic mass is 9.95. The van der Waals surface area contributed by atoms with Crippen molar-refractivity contribution in [3.63, 3.8) is 0 Å². The highest BCUT2D eigenvalue weighted by Gasteiger charge is 2.33. The minimum atomic E-state index is -0.655. The van der Waals surface area contributed by atoms with Gasteiger partial charge in [0.2, 0.25) is 0 Å². The molecule has 39 heavy (non-hydrogen) atoms. The van der Waals surface area contributed by atoms with Gasteiger partial charge in [-0.25, -0.2) is 14.6 Å². The van der Waals surface area contributed by atoms with E-state index in [0.29, 0.717) is 50.7 Å². The number of methoxy groups -OCH3 is 1. The van der Waals surface area contributed by atoms with Gasteiger partial charge in [-0.15, -0.1) is 0 Å². The topological polar surface area (TPSA) is 100 Å². The first-order valence-electron chi connectivity index (χ1n) is 12.5. The largest absolute Gasteiger partial charge is 0.466 e. The van der Waals surface area contributed by atoms with Gasteiger partial charge in [0.15, 0.2) is 4.80 Å². The summed E-state index contributed by atoms with van der Waals surface area (Å²) in [5.74, 6) is 0.190. The maximum atomic E-state index is 13.7. The van der Waals surface area contributed by atoms with E-state index in [0.717, 1.165) is 11.1 Å². The van der Waals surface area contributed by atoms with E-state index >= 15 is 0 Å². The molecule has 4 aromatic rings. The van der Waals surface area contributed by atoms with Crippen molar-refractivity contribution in [2.75, 3.05) is 13.7 Å². The van der Waals surface area contributed by atoms with E-state index in [2.05, 4.69) is 4.99 Å². The van der Waals surface area contributed by atoms with Crippen LogP contribution in [0.2, 0.25) is 0 Å². The van der Waals surface area contributed by atoms with Crippen molar-refractivity contribution in [3.05, 3.63) is 115 Å². The second-order valence-corrected chi connectivity index (χ2v) is 9.71. The lowest BCUT2D eigenvalue weighted by Gasteiger charge is -2.25. The van der Waals surface area contributed by atoms with Crippen molar-refractivity contribution in [2.24, 2.45) is 4.99 Å². The quantitative estimate of drug-likeness (QED) is 0.324. The minimum absolute atomic E-state index is 0.277. The molecule has 0 N–H and O–H groups in total. The van der Waals surface area contributed by atoms with Gasteiger partial charge in [0.05, 0.1) is 41.1 Å². The molecule has 0 aliphatic carbocycles. The number of nitrogens with zero attached hydrogens (tertiary/aromatic N) is 2. The fraction of sp³-hybridized carbons (Fsp3) is 0.200. The van der Waals surface area contributed by atoms with Crippen molar-refractivity contribution >= 4 is 29.4 Å². The molecule has 1 aliphatic heterocycles. The molecule has 9 heteroatoms. The van der Waals surface area contributed by atoms with E-state index in [1.54, 1.807) is 54.0 Å². The molecule has 0 saturated heterocycles. The van der Waals surface area contributed by atoms with Gasteiger partial charge in [-0.05, 0) is 43.2 Å². The van der Waals surface area contributed by atoms with Gasteiger partial charge in [-0.3, -0.25) is 9.36 Å². The highest BCUT2D eigenvalue weighted by molar-refractivity contribution is 7.07. The van der Waals surface area contributed by atoms with E-state index in [-0.39, 0.29) is 11.5 Å². The fourth-order valence-electron chi connectivity index (χ4n) is 4.51. The summed E-state index contributed by atoms with van der Waals surface area (Å²) in [5.41, 5.74) is 2.70. The maximum absolute atomic E-state index is 13.7. The lowest BCUT2D eigenvalue weighted by Crippen LogP contribution is -2.40. The summed E-state index contributed by atoms with van der Waals surface area (Å²) in [6, 6.07) is 19.2. The minimum Gasteiger partial charge on any atom is -0.466 e. The SMILES string of the molecule is CCOC(=O)c1ccc(-c2ccc(/C=c3\sc4n(c3=O)[C@@H](c3ccccc3)C(C(=O)OC)=C(CC)N=4)o2)cc1. The van der Waals surface area contributed by atoms with Crippen LogP contribution < -0.4 is 14.9 Å². The van der Waals surface area contributed by atoms with Gasteiger partial charge in [0.25, 0.3) is 5.56 Å². The molecule has 0 fully saturated rings. The molecule has 2 aromatic carbocycles. The summed E-state index contributed by atoms with van der Waals surface area (Å²) in [5, 5.41) is 0. The number of hydrogen-bond donors (Lipinski definition) is 0. The average molecular weight is 543 g/mol. The molecule has 8 nitrogen and oxygen atoms in total. The van der Waals surface area contributed by atoms with E-state index < -0.39 is 12.0 Å². The van der Waals surface area contributed by atoms with Crippen LogP contribution in [0.4, 0.5) is 0 Å². The van der Waals surface area contributed by atoms with Crippen LogP contribution in [0.5, 0.6) is 0 Å². The molecule has 0 radical (unpaired) electrons. The molecule has 0 saturated carbocycles. The summed E-state index contributed by atoms with van der Waals surface area (Å²) in [6.07, 6.45) is 2.19. The van der Waals surface area contributed by atoms with E-state index in [1.807, 2.05) is 37.3 Å². The Balaban J connectivity index is 1.56. The zero-order valence-electron chi connectivity index (χ0n) is 21.7. The highest BCUT2D eigenvalue weighted by atomic mass is 32.1. The number of carbonyl (C=O) groups is 2. The van der Waals surface area contributed by atoms with Gasteiger partial charge in [-0.2, -0.15) is 0 Å². The molecular weight excluding hydrogens is 516 g/mol. The third-order valence-electron chi connectivity index (χ3n) is 6.35. The third-order valence-corrected chi connectivity index (χ3v) is 7.33. The summed E-state index contributed by atoms with van der Waals surface area (Å²) >= 11 is 1.24. The second kappa shape index (κ2) is 11.1. The van der Waals surface area contributed by atoms with Gasteiger partial charge < -0.3 is 13.9 Å². The van der Waals surface area contributed by atoms with E-state index in [1.165, 1.54) is 18.4 Å². The maximum Gasteiger partial charge on any atom is 0.338 e. The molecule has 0 bridgehead atoms. The molecule has 0 spiro atoms. The number of fused-ring (bicyclic) bond motifs is 1. The molecule has 3 heterocycles. The Bertz CT molecular complexity index is 1740. The molecule has 0 amide bonds. The van der Waals surface area contributed by atoms with E-state index in [9.17, 15) is 14.4 Å². The van der Waals surface area contributed by atoms with Gasteiger partial charge in [0, 0.05) is 11.6 Å². The first kappa shape index (κ1) is 26.1. The van der Waals surface area contributed by atoms with Crippen LogP contribution in [-0.4, -0.2) is 30.2 Å². The Hall–Kier alpha value is -4.50. The molecule has 198 valence electrons. The van der Waals surface area contributed by atoms with Crippen LogP contribution in [0.3, 0.4) is 0 Å². The number of hydrogen-bond acceptors (Lipinski definition) is 8. The standard InChI is InChI=1S/C30H26N2O6S/c1-4-22-25(29(35)36-3)26(19-9-7-6-8-10-19)32-27(33)24(39-30(32)31-22)17-21-15-16-23(38-21)18-11-13-20(14-12-18)28(34)37-5-2/h6-17,26H,4-5H2,1-3H3/b24-17-/t26-/m0/s1. The average Bonchev–Trinajstić information content (AvgIpc) is 3.56. The summed E-state index contributed by atoms with van der Waals surface area (Å²) in [6.45, 7) is 3.99. The Morgan fingerprint density at radius 2 is 1.77 bits per heavy atom. The van der Waals surface area contributed by atoms with Crippen LogP contribution in [-0.2, 0) is 14.3 Å². The molecule has 1 atom stereocenters. The Labute approximate surface area is 228 Å². The van der Waals surface area contributed by atoms with Crippen molar-refractivity contribution in [3.8, 4) is 11.3 Å². The Morgan fingerprint density at radius 1 is 1.03 bits per heavy atom. The summed E-state index contributed by atoms with van der Waals surface area (Å²) in [7, 11) is 1.33. The van der Waals surface area contributed by atoms with Crippen molar-refractivity contribution < 1.29 is 23.5 Å². The second-order valence-electron chi connectivity index (χ2n) is 8.70. The van der Waals surface area contributed by atoms with Crippen LogP contribution in [0, 0.1) is 0 Å². The number of carbonyl (C=O) groups excluding carboxylic acids is 2. The lowest BCUT2D eigenvalue weighted by molar-refractivity contribution is -0.136. The predicted molar refractivity (Wildman–Crippen MR) is 147 cm³/mol. The van der Waals surface area contributed by atoms with Crippen LogP contribution in [0.1, 0.15) is 48.0 Å². The number of ether oxygens (including phenoxy) is 2. The predicted octanol–water partition coefficient (Wildman–Crippen LogP) is 4.24. The number of esters is 2. The normalized spacial score (nSPS) is 15.1. The number of aromatic nitrogens is 1. The molecule has 0 unspecified atom stereocenters. The number of thiazole rings is 1. The van der Waals surface area contributed by atoms with Crippen LogP contribution in [0.25, 0.3) is 17.4 Å².